The topological polar surface area (TPSA) is 61.6 Å². The average molecular weight is 280 g/mol. The molecule has 0 unspecified atom stereocenters. The van der Waals surface area contributed by atoms with Crippen molar-refractivity contribution in [3.05, 3.63) is 17.5 Å². The average Bonchev–Trinajstić information content (AvgIpc) is 3.02. The largest absolute Gasteiger partial charge is 0.361 e. The third kappa shape index (κ3) is 4.31. The predicted octanol–water partition coefficient (Wildman–Crippen LogP) is 0.625. The van der Waals surface area contributed by atoms with Gasteiger partial charge in [-0.05, 0) is 34.0 Å². The minimum absolute atomic E-state index is 0.0591. The van der Waals surface area contributed by atoms with Crippen LogP contribution in [0.1, 0.15) is 24.3 Å². The first-order chi connectivity index (χ1) is 9.54. The maximum absolute atomic E-state index is 11.8. The number of carbonyl (C=O) groups is 1. The molecule has 0 aromatic carbocycles. The van der Waals surface area contributed by atoms with Gasteiger partial charge in [0.1, 0.15) is 11.5 Å². The van der Waals surface area contributed by atoms with Gasteiger partial charge < -0.3 is 19.6 Å². The molecule has 112 valence electrons. The first-order valence-corrected chi connectivity index (χ1v) is 7.12. The molecule has 0 bridgehead atoms. The number of amides is 1. The number of hydrogen-bond donors (Lipinski definition) is 1. The fourth-order valence-electron chi connectivity index (χ4n) is 2.51. The van der Waals surface area contributed by atoms with E-state index in [0.717, 1.165) is 31.1 Å². The molecule has 2 heterocycles. The second-order valence-electron chi connectivity index (χ2n) is 5.64. The Kier molecular flexibility index (Phi) is 5.14. The van der Waals surface area contributed by atoms with Crippen molar-refractivity contribution in [2.45, 2.75) is 32.4 Å². The Hall–Kier alpha value is -1.40. The molecule has 1 aliphatic heterocycles. The summed E-state index contributed by atoms with van der Waals surface area (Å²) in [6.45, 7) is 5.31. The summed E-state index contributed by atoms with van der Waals surface area (Å²) < 4.78 is 4.96. The van der Waals surface area contributed by atoms with Crippen LogP contribution in [0.3, 0.4) is 0 Å². The number of nitrogens with zero attached hydrogens (tertiary/aromatic N) is 3. The van der Waals surface area contributed by atoms with Gasteiger partial charge in [0.25, 0.3) is 0 Å². The molecule has 0 aliphatic carbocycles. The van der Waals surface area contributed by atoms with Crippen LogP contribution in [0.15, 0.2) is 10.6 Å². The van der Waals surface area contributed by atoms with Crippen LogP contribution in [-0.2, 0) is 11.3 Å². The number of rotatable bonds is 6. The number of likely N-dealkylation sites (tertiary alicyclic amines) is 1. The van der Waals surface area contributed by atoms with Crippen LogP contribution in [0.2, 0.25) is 0 Å². The summed E-state index contributed by atoms with van der Waals surface area (Å²) in [6, 6.07) is 2.41. The van der Waals surface area contributed by atoms with Crippen LogP contribution < -0.4 is 5.32 Å². The highest BCUT2D eigenvalue weighted by Crippen LogP contribution is 2.12. The molecule has 1 atom stereocenters. The number of aromatic nitrogens is 1. The molecular weight excluding hydrogens is 256 g/mol. The van der Waals surface area contributed by atoms with Crippen LogP contribution >= 0.6 is 0 Å². The molecule has 0 spiro atoms. The summed E-state index contributed by atoms with van der Waals surface area (Å²) in [7, 11) is 4.23. The van der Waals surface area contributed by atoms with Gasteiger partial charge in [-0.3, -0.25) is 4.79 Å². The van der Waals surface area contributed by atoms with Crippen molar-refractivity contribution in [2.24, 2.45) is 0 Å². The zero-order valence-corrected chi connectivity index (χ0v) is 12.6. The lowest BCUT2D eigenvalue weighted by atomic mass is 10.2. The number of carbonyl (C=O) groups excluding carboxylic acids is 1. The van der Waals surface area contributed by atoms with E-state index in [1.807, 2.05) is 13.0 Å². The quantitative estimate of drug-likeness (QED) is 0.828. The molecule has 0 saturated carbocycles. The molecule has 2 rings (SSSR count). The maximum atomic E-state index is 11.8. The normalized spacial score (nSPS) is 19.7. The van der Waals surface area contributed by atoms with Crippen LogP contribution in [0.25, 0.3) is 0 Å². The van der Waals surface area contributed by atoms with E-state index < -0.39 is 0 Å². The Morgan fingerprint density at radius 1 is 1.65 bits per heavy atom. The van der Waals surface area contributed by atoms with Crippen molar-refractivity contribution >= 4 is 5.91 Å². The third-order valence-corrected chi connectivity index (χ3v) is 3.82. The predicted molar refractivity (Wildman–Crippen MR) is 76.2 cm³/mol. The molecule has 1 fully saturated rings. The monoisotopic (exact) mass is 280 g/mol. The van der Waals surface area contributed by atoms with E-state index in [0.29, 0.717) is 19.0 Å². The Morgan fingerprint density at radius 3 is 3.05 bits per heavy atom. The van der Waals surface area contributed by atoms with Gasteiger partial charge in [-0.2, -0.15) is 0 Å². The summed E-state index contributed by atoms with van der Waals surface area (Å²) in [6.07, 6.45) is 1.71. The van der Waals surface area contributed by atoms with Crippen molar-refractivity contribution in [2.75, 3.05) is 33.7 Å². The van der Waals surface area contributed by atoms with E-state index >= 15 is 0 Å². The summed E-state index contributed by atoms with van der Waals surface area (Å²) in [5.41, 5.74) is 0.765. The number of aryl methyl sites for hydroxylation is 1. The van der Waals surface area contributed by atoms with E-state index in [9.17, 15) is 4.79 Å². The Bertz CT molecular complexity index is 446. The van der Waals surface area contributed by atoms with E-state index in [4.69, 9.17) is 4.52 Å². The summed E-state index contributed by atoms with van der Waals surface area (Å²) >= 11 is 0. The van der Waals surface area contributed by atoms with Gasteiger partial charge in [0.15, 0.2) is 0 Å². The molecule has 20 heavy (non-hydrogen) atoms. The minimum atomic E-state index is 0.0591. The third-order valence-electron chi connectivity index (χ3n) is 3.82. The molecule has 6 nitrogen and oxygen atoms in total. The lowest BCUT2D eigenvalue weighted by Crippen LogP contribution is -2.36. The molecule has 1 saturated heterocycles. The van der Waals surface area contributed by atoms with Gasteiger partial charge in [-0.25, -0.2) is 0 Å². The number of likely N-dealkylation sites (N-methyl/N-ethyl adjacent to an activating group) is 2. The van der Waals surface area contributed by atoms with E-state index in [2.05, 4.69) is 34.4 Å². The van der Waals surface area contributed by atoms with Gasteiger partial charge in [-0.15, -0.1) is 0 Å². The molecule has 0 radical (unpaired) electrons. The lowest BCUT2D eigenvalue weighted by molar-refractivity contribution is -0.121. The molecule has 1 aromatic rings. The summed E-state index contributed by atoms with van der Waals surface area (Å²) in [5, 5.41) is 6.72. The van der Waals surface area contributed by atoms with Crippen LogP contribution in [0, 0.1) is 6.92 Å². The highest BCUT2D eigenvalue weighted by Gasteiger charge is 2.23. The fraction of sp³-hybridized carbons (Fsp3) is 0.714. The summed E-state index contributed by atoms with van der Waals surface area (Å²) in [4.78, 5) is 16.4. The van der Waals surface area contributed by atoms with Crippen molar-refractivity contribution in [1.29, 1.82) is 0 Å². The van der Waals surface area contributed by atoms with Gasteiger partial charge in [0, 0.05) is 31.6 Å². The lowest BCUT2D eigenvalue weighted by Gasteiger charge is -2.23. The van der Waals surface area contributed by atoms with Gasteiger partial charge in [-0.1, -0.05) is 5.16 Å². The molecule has 6 heteroatoms. The van der Waals surface area contributed by atoms with Gasteiger partial charge in [0.05, 0.1) is 6.54 Å². The molecule has 1 aliphatic rings. The minimum Gasteiger partial charge on any atom is -0.361 e. The second-order valence-corrected chi connectivity index (χ2v) is 5.64. The molecule has 1 amide bonds. The second kappa shape index (κ2) is 6.85. The number of hydrogen-bond acceptors (Lipinski definition) is 5. The van der Waals surface area contributed by atoms with E-state index in [-0.39, 0.29) is 5.91 Å². The van der Waals surface area contributed by atoms with Crippen LogP contribution in [0.5, 0.6) is 0 Å². The highest BCUT2D eigenvalue weighted by molar-refractivity contribution is 5.75. The standard InChI is InChI=1S/C14H24N4O2/c1-11-8-12(16-20-11)9-15-14(19)5-7-18(3)13-4-6-17(2)10-13/h8,13H,4-7,9-10H2,1-3H3,(H,15,19)/t13-/m1/s1. The van der Waals surface area contributed by atoms with Crippen LogP contribution in [-0.4, -0.2) is 60.6 Å². The van der Waals surface area contributed by atoms with Crippen molar-refractivity contribution in [3.8, 4) is 0 Å². The smallest absolute Gasteiger partial charge is 0.221 e. The SMILES string of the molecule is Cc1cc(CNC(=O)CCN(C)[C@@H]2CCN(C)C2)no1. The fourth-order valence-corrected chi connectivity index (χ4v) is 2.51. The van der Waals surface area contributed by atoms with Gasteiger partial charge >= 0.3 is 0 Å². The molecule has 1 N–H and O–H groups in total. The Labute approximate surface area is 120 Å². The molecule has 1 aromatic heterocycles. The number of nitrogens with one attached hydrogen (secondary N) is 1. The van der Waals surface area contributed by atoms with Crippen molar-refractivity contribution < 1.29 is 9.32 Å². The first-order valence-electron chi connectivity index (χ1n) is 7.12. The summed E-state index contributed by atoms with van der Waals surface area (Å²) in [5.74, 6) is 0.822. The van der Waals surface area contributed by atoms with Crippen molar-refractivity contribution in [1.82, 2.24) is 20.3 Å². The van der Waals surface area contributed by atoms with Crippen molar-refractivity contribution in [3.63, 3.8) is 0 Å². The van der Waals surface area contributed by atoms with E-state index in [1.165, 1.54) is 6.42 Å². The zero-order valence-electron chi connectivity index (χ0n) is 12.6. The highest BCUT2D eigenvalue weighted by atomic mass is 16.5. The van der Waals surface area contributed by atoms with E-state index in [1.54, 1.807) is 0 Å². The molecular formula is C14H24N4O2. The zero-order chi connectivity index (χ0) is 14.5. The Morgan fingerprint density at radius 2 is 2.45 bits per heavy atom. The maximum Gasteiger partial charge on any atom is 0.221 e. The van der Waals surface area contributed by atoms with Crippen LogP contribution in [0.4, 0.5) is 0 Å². The Balaban J connectivity index is 1.64. The van der Waals surface area contributed by atoms with Gasteiger partial charge in [0.2, 0.25) is 5.91 Å². The first kappa shape index (κ1) is 15.0.